The molecule has 0 atom stereocenters. The molecule has 2 rings (SSSR count). The van der Waals surface area contributed by atoms with Gasteiger partial charge in [0.1, 0.15) is 0 Å². The quantitative estimate of drug-likeness (QED) is 0.547. The summed E-state index contributed by atoms with van der Waals surface area (Å²) in [6.45, 7) is 0.598. The maximum absolute atomic E-state index is 11.8. The molecule has 21 heavy (non-hydrogen) atoms. The fourth-order valence-corrected chi connectivity index (χ4v) is 1.99. The Hall–Kier alpha value is -2.30. The monoisotopic (exact) mass is 282 g/mol. The summed E-state index contributed by atoms with van der Waals surface area (Å²) in [5.74, 6) is 0.0572. The summed E-state index contributed by atoms with van der Waals surface area (Å²) >= 11 is 0. The minimum Gasteiger partial charge on any atom is -0.874 e. The first-order chi connectivity index (χ1) is 10.1. The minimum atomic E-state index is -0.453. The fourth-order valence-electron chi connectivity index (χ4n) is 1.99. The first kappa shape index (κ1) is 15.1. The number of nitrogens with one attached hydrogen (secondary N) is 1. The van der Waals surface area contributed by atoms with E-state index in [9.17, 15) is 5.11 Å². The summed E-state index contributed by atoms with van der Waals surface area (Å²) in [6, 6.07) is 17.4. The number of rotatable bonds is 6. The highest BCUT2D eigenvalue weighted by molar-refractivity contribution is 5.24. The van der Waals surface area contributed by atoms with Gasteiger partial charge in [-0.05, 0) is 29.3 Å². The average molecular weight is 282 g/mol. The van der Waals surface area contributed by atoms with Crippen molar-refractivity contribution >= 4 is 0 Å². The molecule has 0 heterocycles. The molecule has 0 unspecified atom stereocenters. The van der Waals surface area contributed by atoms with Crippen molar-refractivity contribution in [3.05, 3.63) is 83.2 Å². The van der Waals surface area contributed by atoms with Crippen molar-refractivity contribution in [2.24, 2.45) is 11.5 Å². The van der Waals surface area contributed by atoms with E-state index in [1.807, 2.05) is 54.6 Å². The topological polar surface area (TPSA) is 87.1 Å². The maximum Gasteiger partial charge on any atom is 0.0784 e. The molecule has 5 N–H and O–H groups in total. The lowest BCUT2D eigenvalue weighted by molar-refractivity contribution is -0.306. The van der Waals surface area contributed by atoms with E-state index in [-0.39, 0.29) is 5.76 Å². The highest BCUT2D eigenvalue weighted by Crippen LogP contribution is 2.08. The Morgan fingerprint density at radius 3 is 2.29 bits per heavy atom. The number of hydrogen-bond donors (Lipinski definition) is 3. The molecule has 0 saturated carbocycles. The Morgan fingerprint density at radius 2 is 1.67 bits per heavy atom. The van der Waals surface area contributed by atoms with Crippen LogP contribution in [0.5, 0.6) is 0 Å². The van der Waals surface area contributed by atoms with Gasteiger partial charge in [0.05, 0.1) is 6.17 Å². The van der Waals surface area contributed by atoms with Crippen LogP contribution in [-0.2, 0) is 13.0 Å². The molecule has 0 radical (unpaired) electrons. The van der Waals surface area contributed by atoms with E-state index in [4.69, 9.17) is 11.5 Å². The largest absolute Gasteiger partial charge is 0.874 e. The molecule has 2 aromatic rings. The van der Waals surface area contributed by atoms with Crippen LogP contribution in [0, 0.1) is 0 Å². The predicted molar refractivity (Wildman–Crippen MR) is 82.6 cm³/mol. The molecule has 0 aliphatic rings. The Bertz CT molecular complexity index is 577. The summed E-state index contributed by atoms with van der Waals surface area (Å²) in [5.41, 5.74) is 14.2. The van der Waals surface area contributed by atoms with Crippen molar-refractivity contribution in [3.63, 3.8) is 0 Å². The Kier molecular flexibility index (Phi) is 5.37. The third-order valence-corrected chi connectivity index (χ3v) is 3.16. The van der Waals surface area contributed by atoms with Gasteiger partial charge in [-0.25, -0.2) is 0 Å². The lowest BCUT2D eigenvalue weighted by atomic mass is 10.1. The van der Waals surface area contributed by atoms with Gasteiger partial charge in [0.25, 0.3) is 0 Å². The summed E-state index contributed by atoms with van der Waals surface area (Å²) in [5, 5.41) is 14.8. The molecule has 0 bridgehead atoms. The molecule has 4 nitrogen and oxygen atoms in total. The predicted octanol–water partition coefficient (Wildman–Crippen LogP) is 1.14. The van der Waals surface area contributed by atoms with Gasteiger partial charge in [-0.15, -0.1) is 5.76 Å². The standard InChI is InChI=1S/C17H21N3O/c18-17(19)15-8-6-14(7-9-15)11-20-12-16(21)10-13-4-2-1-3-5-13/h1-9,12,17,20-21H,10-11,18-19H2/p-1. The summed E-state index contributed by atoms with van der Waals surface area (Å²) in [4.78, 5) is 0. The third kappa shape index (κ3) is 4.95. The van der Waals surface area contributed by atoms with E-state index in [0.717, 1.165) is 16.7 Å². The second-order valence-electron chi connectivity index (χ2n) is 4.92. The van der Waals surface area contributed by atoms with Crippen molar-refractivity contribution < 1.29 is 5.11 Å². The van der Waals surface area contributed by atoms with E-state index in [0.29, 0.717) is 13.0 Å². The van der Waals surface area contributed by atoms with Gasteiger partial charge < -0.3 is 21.9 Å². The molecule has 4 heteroatoms. The van der Waals surface area contributed by atoms with Gasteiger partial charge in [0.2, 0.25) is 0 Å². The Balaban J connectivity index is 1.84. The van der Waals surface area contributed by atoms with Crippen LogP contribution in [0.3, 0.4) is 0 Å². The normalized spacial score (nSPS) is 11.7. The average Bonchev–Trinajstić information content (AvgIpc) is 2.49. The second-order valence-corrected chi connectivity index (χ2v) is 4.92. The lowest BCUT2D eigenvalue weighted by Gasteiger charge is -2.13. The molecule has 0 spiro atoms. The molecule has 0 saturated heterocycles. The van der Waals surface area contributed by atoms with Crippen LogP contribution in [0.15, 0.2) is 66.6 Å². The maximum atomic E-state index is 11.8. The van der Waals surface area contributed by atoms with Crippen LogP contribution in [0.25, 0.3) is 0 Å². The van der Waals surface area contributed by atoms with Crippen LogP contribution < -0.4 is 21.9 Å². The summed E-state index contributed by atoms with van der Waals surface area (Å²) < 4.78 is 0. The SMILES string of the molecule is NC(N)c1ccc(CNC=C([O-])Cc2ccccc2)cc1. The van der Waals surface area contributed by atoms with E-state index in [1.165, 1.54) is 6.20 Å². The molecule has 0 amide bonds. The molecule has 2 aromatic carbocycles. The van der Waals surface area contributed by atoms with E-state index in [1.54, 1.807) is 0 Å². The third-order valence-electron chi connectivity index (χ3n) is 3.16. The number of benzene rings is 2. The first-order valence-electron chi connectivity index (χ1n) is 6.88. The first-order valence-corrected chi connectivity index (χ1v) is 6.88. The summed E-state index contributed by atoms with van der Waals surface area (Å²) in [7, 11) is 0. The van der Waals surface area contributed by atoms with Crippen molar-refractivity contribution in [2.45, 2.75) is 19.1 Å². The van der Waals surface area contributed by atoms with Crippen molar-refractivity contribution in [3.8, 4) is 0 Å². The van der Waals surface area contributed by atoms with Crippen LogP contribution in [0.4, 0.5) is 0 Å². The minimum absolute atomic E-state index is 0.0572. The molecule has 0 aromatic heterocycles. The zero-order chi connectivity index (χ0) is 15.1. The van der Waals surface area contributed by atoms with Gasteiger partial charge in [-0.1, -0.05) is 54.6 Å². The number of nitrogens with two attached hydrogens (primary N) is 2. The van der Waals surface area contributed by atoms with Gasteiger partial charge in [0.15, 0.2) is 0 Å². The van der Waals surface area contributed by atoms with Crippen LogP contribution >= 0.6 is 0 Å². The van der Waals surface area contributed by atoms with E-state index in [2.05, 4.69) is 5.32 Å². The van der Waals surface area contributed by atoms with Crippen LogP contribution in [0.2, 0.25) is 0 Å². The van der Waals surface area contributed by atoms with Gasteiger partial charge in [-0.3, -0.25) is 0 Å². The molecular formula is C17H20N3O-. The zero-order valence-corrected chi connectivity index (χ0v) is 11.8. The van der Waals surface area contributed by atoms with Crippen LogP contribution in [-0.4, -0.2) is 0 Å². The second kappa shape index (κ2) is 7.47. The highest BCUT2D eigenvalue weighted by Gasteiger charge is 1.98. The molecule has 0 fully saturated rings. The molecular weight excluding hydrogens is 262 g/mol. The van der Waals surface area contributed by atoms with Crippen molar-refractivity contribution in [1.82, 2.24) is 5.32 Å². The fraction of sp³-hybridized carbons (Fsp3) is 0.176. The zero-order valence-electron chi connectivity index (χ0n) is 11.8. The Labute approximate surface area is 125 Å². The summed E-state index contributed by atoms with van der Waals surface area (Å²) in [6.07, 6.45) is 1.48. The lowest BCUT2D eigenvalue weighted by Crippen LogP contribution is -2.20. The Morgan fingerprint density at radius 1 is 1.00 bits per heavy atom. The van der Waals surface area contributed by atoms with Crippen molar-refractivity contribution in [2.75, 3.05) is 0 Å². The number of allylic oxidation sites excluding steroid dienone is 1. The molecule has 110 valence electrons. The highest BCUT2D eigenvalue weighted by atomic mass is 16.3. The van der Waals surface area contributed by atoms with Crippen molar-refractivity contribution in [1.29, 1.82) is 0 Å². The van der Waals surface area contributed by atoms with Crippen LogP contribution in [0.1, 0.15) is 22.9 Å². The van der Waals surface area contributed by atoms with E-state index >= 15 is 0 Å². The molecule has 0 aliphatic heterocycles. The van der Waals surface area contributed by atoms with Gasteiger partial charge in [-0.2, -0.15) is 0 Å². The van der Waals surface area contributed by atoms with Gasteiger partial charge >= 0.3 is 0 Å². The molecule has 0 aliphatic carbocycles. The smallest absolute Gasteiger partial charge is 0.0784 e. The number of hydrogen-bond acceptors (Lipinski definition) is 4. The van der Waals surface area contributed by atoms with Gasteiger partial charge in [0, 0.05) is 6.54 Å². The van der Waals surface area contributed by atoms with E-state index < -0.39 is 6.17 Å².